The van der Waals surface area contributed by atoms with Gasteiger partial charge in [0.1, 0.15) is 5.75 Å². The molecule has 0 aliphatic carbocycles. The van der Waals surface area contributed by atoms with Gasteiger partial charge in [0.05, 0.1) is 18.6 Å². The van der Waals surface area contributed by atoms with Crippen molar-refractivity contribution in [1.82, 2.24) is 24.9 Å². The first-order valence-corrected chi connectivity index (χ1v) is 11.0. The molecule has 0 radical (unpaired) electrons. The van der Waals surface area contributed by atoms with Crippen molar-refractivity contribution in [2.45, 2.75) is 17.8 Å². The van der Waals surface area contributed by atoms with Gasteiger partial charge in [-0.2, -0.15) is 0 Å². The van der Waals surface area contributed by atoms with Gasteiger partial charge in [-0.3, -0.25) is 9.55 Å². The van der Waals surface area contributed by atoms with Gasteiger partial charge >= 0.3 is 0 Å². The summed E-state index contributed by atoms with van der Waals surface area (Å²) in [5.41, 5.74) is 2.59. The molecule has 5 aromatic rings. The van der Waals surface area contributed by atoms with Crippen LogP contribution in [0, 0.1) is 0 Å². The van der Waals surface area contributed by atoms with Crippen molar-refractivity contribution in [2.24, 2.45) is 0 Å². The molecule has 0 amide bonds. The van der Waals surface area contributed by atoms with Crippen LogP contribution in [0.15, 0.2) is 87.4 Å². The van der Waals surface area contributed by atoms with Crippen LogP contribution >= 0.6 is 11.8 Å². The Kier molecular flexibility index (Phi) is 5.71. The molecule has 0 N–H and O–H groups in total. The lowest BCUT2D eigenvalue weighted by molar-refractivity contribution is 0.340. The van der Waals surface area contributed by atoms with E-state index in [1.807, 2.05) is 66.1 Å². The first kappa shape index (κ1) is 20.1. The SMILES string of the molecule is CCOc1ccc(-n2c(SCc3cc(-c4ccco4)on3)nnc2-c2cccnc2)cc1. The van der Waals surface area contributed by atoms with Crippen LogP contribution in [0.5, 0.6) is 5.75 Å². The zero-order valence-electron chi connectivity index (χ0n) is 17.2. The Bertz CT molecular complexity index is 1280. The molecule has 0 bridgehead atoms. The molecule has 8 nitrogen and oxygen atoms in total. The minimum Gasteiger partial charge on any atom is -0.494 e. The van der Waals surface area contributed by atoms with E-state index in [0.29, 0.717) is 29.7 Å². The highest BCUT2D eigenvalue weighted by Gasteiger charge is 2.18. The largest absolute Gasteiger partial charge is 0.494 e. The van der Waals surface area contributed by atoms with Crippen LogP contribution in [-0.2, 0) is 5.75 Å². The van der Waals surface area contributed by atoms with E-state index in [0.717, 1.165) is 27.9 Å². The number of rotatable bonds is 8. The number of aromatic nitrogens is 5. The summed E-state index contributed by atoms with van der Waals surface area (Å²) in [6.45, 7) is 2.58. The Balaban J connectivity index is 1.45. The van der Waals surface area contributed by atoms with E-state index in [1.165, 1.54) is 11.8 Å². The van der Waals surface area contributed by atoms with Crippen molar-refractivity contribution in [3.63, 3.8) is 0 Å². The van der Waals surface area contributed by atoms with Gasteiger partial charge in [-0.25, -0.2) is 0 Å². The molecular weight excluding hydrogens is 426 g/mol. The topological polar surface area (TPSA) is 92.0 Å². The monoisotopic (exact) mass is 445 g/mol. The summed E-state index contributed by atoms with van der Waals surface area (Å²) in [7, 11) is 0. The predicted octanol–water partition coefficient (Wildman–Crippen LogP) is 5.27. The standard InChI is InChI=1S/C23H19N5O3S/c1-2-29-19-9-7-18(8-10-19)28-22(16-5-3-11-24-14-16)25-26-23(28)32-15-17-13-21(31-27-17)20-6-4-12-30-20/h3-14H,2,15H2,1H3. The van der Waals surface area contributed by atoms with E-state index < -0.39 is 0 Å². The van der Waals surface area contributed by atoms with Crippen molar-refractivity contribution in [2.75, 3.05) is 6.61 Å². The Hall–Kier alpha value is -3.85. The molecule has 0 atom stereocenters. The molecule has 32 heavy (non-hydrogen) atoms. The number of ether oxygens (including phenoxy) is 1. The lowest BCUT2D eigenvalue weighted by atomic mass is 10.2. The highest BCUT2D eigenvalue weighted by atomic mass is 32.2. The second-order valence-corrected chi connectivity index (χ2v) is 7.70. The smallest absolute Gasteiger partial charge is 0.202 e. The third-order valence-electron chi connectivity index (χ3n) is 4.63. The van der Waals surface area contributed by atoms with E-state index in [1.54, 1.807) is 18.7 Å². The van der Waals surface area contributed by atoms with Crippen LogP contribution < -0.4 is 4.74 Å². The molecule has 1 aromatic carbocycles. The molecule has 4 aromatic heterocycles. The highest BCUT2D eigenvalue weighted by Crippen LogP contribution is 2.31. The van der Waals surface area contributed by atoms with Gasteiger partial charge in [0.2, 0.25) is 5.76 Å². The van der Waals surface area contributed by atoms with Gasteiger partial charge in [0.15, 0.2) is 16.7 Å². The second kappa shape index (κ2) is 9.11. The fourth-order valence-electron chi connectivity index (χ4n) is 3.19. The summed E-state index contributed by atoms with van der Waals surface area (Å²) in [5.74, 6) is 3.32. The lowest BCUT2D eigenvalue weighted by Gasteiger charge is -2.11. The normalized spacial score (nSPS) is 11.0. The molecule has 9 heteroatoms. The minimum atomic E-state index is 0.562. The molecule has 0 saturated carbocycles. The molecule has 4 heterocycles. The van der Waals surface area contributed by atoms with E-state index in [-0.39, 0.29) is 0 Å². The van der Waals surface area contributed by atoms with Crippen molar-refractivity contribution in [3.05, 3.63) is 78.9 Å². The Labute approximate surface area is 188 Å². The van der Waals surface area contributed by atoms with Gasteiger partial charge < -0.3 is 13.7 Å². The molecule has 0 saturated heterocycles. The highest BCUT2D eigenvalue weighted by molar-refractivity contribution is 7.98. The van der Waals surface area contributed by atoms with Crippen molar-refractivity contribution in [1.29, 1.82) is 0 Å². The van der Waals surface area contributed by atoms with Gasteiger partial charge in [-0.1, -0.05) is 16.9 Å². The summed E-state index contributed by atoms with van der Waals surface area (Å²) >= 11 is 1.52. The summed E-state index contributed by atoms with van der Waals surface area (Å²) in [6, 6.07) is 17.2. The molecular formula is C23H19N5O3S. The summed E-state index contributed by atoms with van der Waals surface area (Å²) in [5, 5.41) is 13.8. The van der Waals surface area contributed by atoms with E-state index in [2.05, 4.69) is 20.3 Å². The summed E-state index contributed by atoms with van der Waals surface area (Å²) < 4.78 is 18.4. The van der Waals surface area contributed by atoms with Crippen molar-refractivity contribution < 1.29 is 13.7 Å². The average molecular weight is 446 g/mol. The van der Waals surface area contributed by atoms with Gasteiger partial charge in [0.25, 0.3) is 0 Å². The maximum atomic E-state index is 5.58. The number of furan rings is 1. The number of benzene rings is 1. The number of hydrogen-bond donors (Lipinski definition) is 0. The fourth-order valence-corrected chi connectivity index (χ4v) is 4.02. The second-order valence-electron chi connectivity index (χ2n) is 6.76. The van der Waals surface area contributed by atoms with E-state index in [4.69, 9.17) is 13.7 Å². The van der Waals surface area contributed by atoms with Crippen LogP contribution in [0.3, 0.4) is 0 Å². The third-order valence-corrected chi connectivity index (χ3v) is 5.59. The van der Waals surface area contributed by atoms with Crippen molar-refractivity contribution in [3.8, 4) is 34.3 Å². The van der Waals surface area contributed by atoms with Gasteiger partial charge in [0, 0.05) is 35.5 Å². The van der Waals surface area contributed by atoms with E-state index in [9.17, 15) is 0 Å². The predicted molar refractivity (Wildman–Crippen MR) is 120 cm³/mol. The zero-order valence-corrected chi connectivity index (χ0v) is 18.0. The summed E-state index contributed by atoms with van der Waals surface area (Å²) in [4.78, 5) is 4.23. The van der Waals surface area contributed by atoms with Crippen LogP contribution in [0.25, 0.3) is 28.6 Å². The molecule has 0 spiro atoms. The molecule has 0 aliphatic heterocycles. The van der Waals surface area contributed by atoms with Crippen LogP contribution in [0.1, 0.15) is 12.6 Å². The molecule has 160 valence electrons. The Morgan fingerprint density at radius 2 is 1.94 bits per heavy atom. The van der Waals surface area contributed by atoms with E-state index >= 15 is 0 Å². The molecule has 0 aliphatic rings. The molecule has 5 rings (SSSR count). The summed E-state index contributed by atoms with van der Waals surface area (Å²) in [6.07, 6.45) is 5.11. The molecule has 0 unspecified atom stereocenters. The fraction of sp³-hybridized carbons (Fsp3) is 0.130. The maximum Gasteiger partial charge on any atom is 0.202 e. The molecule has 0 fully saturated rings. The Morgan fingerprint density at radius 3 is 2.69 bits per heavy atom. The third kappa shape index (κ3) is 4.15. The first-order chi connectivity index (χ1) is 15.8. The van der Waals surface area contributed by atoms with Crippen molar-refractivity contribution >= 4 is 11.8 Å². The maximum absolute atomic E-state index is 5.58. The van der Waals surface area contributed by atoms with Crippen LogP contribution in [-0.4, -0.2) is 31.5 Å². The van der Waals surface area contributed by atoms with Gasteiger partial charge in [-0.15, -0.1) is 10.2 Å². The average Bonchev–Trinajstić information content (AvgIpc) is 3.59. The number of nitrogens with zero attached hydrogens (tertiary/aromatic N) is 5. The zero-order chi connectivity index (χ0) is 21.8. The lowest BCUT2D eigenvalue weighted by Crippen LogP contribution is -2.00. The minimum absolute atomic E-state index is 0.562. The number of pyridine rings is 1. The quantitative estimate of drug-likeness (QED) is 0.298. The van der Waals surface area contributed by atoms with Gasteiger partial charge in [-0.05, 0) is 55.5 Å². The van der Waals surface area contributed by atoms with Crippen LogP contribution in [0.2, 0.25) is 0 Å². The van der Waals surface area contributed by atoms with Crippen LogP contribution in [0.4, 0.5) is 0 Å². The number of thioether (sulfide) groups is 1. The first-order valence-electron chi connectivity index (χ1n) is 10.0. The number of hydrogen-bond acceptors (Lipinski definition) is 8. The Morgan fingerprint density at radius 1 is 1.03 bits per heavy atom.